The maximum Gasteiger partial charge on any atom is 0.303 e. The SMILES string of the molecule is CCCCCCCCCCCCC(c1cc(C)c(CCC(=O)O)cc1C)C(C(=S)OCC(CO)(CO)CO)(c1cc(C)c(CCC(=O)O)cc1C)c1cc(C)c(CCC(=O)O)cc1C. The minimum absolute atomic E-state index is 0.00869. The van der Waals surface area contributed by atoms with Crippen molar-refractivity contribution >= 4 is 35.2 Å². The summed E-state index contributed by atoms with van der Waals surface area (Å²) >= 11 is 6.65. The van der Waals surface area contributed by atoms with E-state index in [4.69, 9.17) is 17.0 Å². The molecule has 0 amide bonds. The number of carboxylic acids is 3. The summed E-state index contributed by atoms with van der Waals surface area (Å²) in [5.41, 5.74) is 8.17. The number of unbranched alkanes of at least 4 members (excludes halogenated alkanes) is 9. The molecule has 354 valence electrons. The van der Waals surface area contributed by atoms with Crippen LogP contribution in [0.3, 0.4) is 0 Å². The average molecular weight is 905 g/mol. The second kappa shape index (κ2) is 26.1. The summed E-state index contributed by atoms with van der Waals surface area (Å²) in [5, 5.41) is 60.5. The number of carbonyl (C=O) groups is 3. The molecule has 3 aromatic carbocycles. The monoisotopic (exact) mass is 905 g/mol. The van der Waals surface area contributed by atoms with Crippen molar-refractivity contribution < 1.29 is 49.8 Å². The summed E-state index contributed by atoms with van der Waals surface area (Å²) in [6.07, 6.45) is 13.1. The highest BCUT2D eigenvalue weighted by Gasteiger charge is 2.51. The van der Waals surface area contributed by atoms with Crippen molar-refractivity contribution in [3.05, 3.63) is 103 Å². The standard InChI is InChI=1S/C53H76O10S/c1-8-9-10-11-12-13-14-15-16-17-18-45(44-28-35(2)41(25-38(44)5)19-22-48(57)58)53(51(64)63-34-52(31-54,32-55)33-56,46-29-36(3)42(26-39(46)6)20-23-49(59)60)47-30-37(4)43(27-40(47)7)21-24-50(61)62/h25-30,45,54-56H,8-24,31-34H2,1-7H3,(H,57,58)(H,59,60)(H,61,62). The Morgan fingerprint density at radius 3 is 1.31 bits per heavy atom. The summed E-state index contributed by atoms with van der Waals surface area (Å²) in [5.74, 6) is -3.05. The summed E-state index contributed by atoms with van der Waals surface area (Å²) in [4.78, 5) is 35.3. The highest BCUT2D eigenvalue weighted by molar-refractivity contribution is 7.80. The van der Waals surface area contributed by atoms with Crippen molar-refractivity contribution in [2.24, 2.45) is 5.41 Å². The van der Waals surface area contributed by atoms with E-state index in [1.807, 2.05) is 53.7 Å². The predicted octanol–water partition coefficient (Wildman–Crippen LogP) is 10.3. The molecule has 3 rings (SSSR count). The van der Waals surface area contributed by atoms with Crippen LogP contribution in [0.2, 0.25) is 0 Å². The molecule has 0 bridgehead atoms. The first-order valence-electron chi connectivity index (χ1n) is 23.4. The van der Waals surface area contributed by atoms with Crippen LogP contribution in [0.4, 0.5) is 0 Å². The number of rotatable bonds is 30. The molecule has 3 aromatic rings. The quantitative estimate of drug-likeness (QED) is 0.0277. The van der Waals surface area contributed by atoms with Gasteiger partial charge in [0.25, 0.3) is 0 Å². The van der Waals surface area contributed by atoms with Gasteiger partial charge in [0.05, 0.1) is 30.7 Å². The van der Waals surface area contributed by atoms with E-state index in [0.717, 1.165) is 92.4 Å². The van der Waals surface area contributed by atoms with Gasteiger partial charge in [0.1, 0.15) is 6.61 Å². The molecule has 0 heterocycles. The van der Waals surface area contributed by atoms with E-state index in [-0.39, 0.29) is 36.8 Å². The smallest absolute Gasteiger partial charge is 0.303 e. The first-order valence-corrected chi connectivity index (χ1v) is 23.8. The summed E-state index contributed by atoms with van der Waals surface area (Å²) in [7, 11) is 0. The lowest BCUT2D eigenvalue weighted by Gasteiger charge is -2.46. The molecule has 0 saturated carbocycles. The zero-order chi connectivity index (χ0) is 47.6. The van der Waals surface area contributed by atoms with Gasteiger partial charge < -0.3 is 35.4 Å². The molecule has 10 nitrogen and oxygen atoms in total. The van der Waals surface area contributed by atoms with Gasteiger partial charge >= 0.3 is 17.9 Å². The first-order chi connectivity index (χ1) is 30.4. The zero-order valence-electron chi connectivity index (χ0n) is 39.6. The van der Waals surface area contributed by atoms with Crippen LogP contribution < -0.4 is 0 Å². The second-order valence-corrected chi connectivity index (χ2v) is 18.8. The third kappa shape index (κ3) is 14.4. The van der Waals surface area contributed by atoms with E-state index in [2.05, 4.69) is 31.2 Å². The van der Waals surface area contributed by atoms with Gasteiger partial charge in [-0.25, -0.2) is 0 Å². The van der Waals surface area contributed by atoms with Crippen LogP contribution in [0.5, 0.6) is 0 Å². The van der Waals surface area contributed by atoms with E-state index in [1.165, 1.54) is 38.5 Å². The third-order valence-electron chi connectivity index (χ3n) is 13.3. The van der Waals surface area contributed by atoms with E-state index in [1.54, 1.807) is 0 Å². The van der Waals surface area contributed by atoms with Gasteiger partial charge in [0.15, 0.2) is 5.05 Å². The van der Waals surface area contributed by atoms with Crippen molar-refractivity contribution in [2.75, 3.05) is 26.4 Å². The molecule has 1 atom stereocenters. The van der Waals surface area contributed by atoms with Crippen molar-refractivity contribution in [2.45, 2.75) is 169 Å². The number of benzene rings is 3. The van der Waals surface area contributed by atoms with Crippen LogP contribution in [0, 0.1) is 47.0 Å². The third-order valence-corrected chi connectivity index (χ3v) is 13.8. The van der Waals surface area contributed by atoms with Gasteiger partial charge in [-0.05, 0) is 146 Å². The van der Waals surface area contributed by atoms with Crippen LogP contribution in [-0.2, 0) is 43.8 Å². The number of ether oxygens (including phenoxy) is 1. The molecule has 0 aromatic heterocycles. The Balaban J connectivity index is 2.50. The minimum atomic E-state index is -1.41. The van der Waals surface area contributed by atoms with Crippen LogP contribution in [0.1, 0.15) is 169 Å². The molecule has 0 spiro atoms. The molecule has 0 aliphatic rings. The summed E-state index contributed by atoms with van der Waals surface area (Å²) in [6.45, 7) is 12.3. The van der Waals surface area contributed by atoms with Gasteiger partial charge in [-0.2, -0.15) is 0 Å². The Morgan fingerprint density at radius 2 is 0.922 bits per heavy atom. The molecule has 0 saturated heterocycles. The lowest BCUT2D eigenvalue weighted by molar-refractivity contribution is -0.138. The van der Waals surface area contributed by atoms with Crippen molar-refractivity contribution in [3.8, 4) is 0 Å². The number of hydrogen-bond donors (Lipinski definition) is 6. The molecule has 0 aliphatic carbocycles. The zero-order valence-corrected chi connectivity index (χ0v) is 40.4. The number of hydrogen-bond acceptors (Lipinski definition) is 8. The van der Waals surface area contributed by atoms with Crippen molar-refractivity contribution in [1.82, 2.24) is 0 Å². The Bertz CT molecular complexity index is 1950. The van der Waals surface area contributed by atoms with Crippen LogP contribution in [0.25, 0.3) is 0 Å². The number of aliphatic carboxylic acids is 3. The number of aryl methyl sites for hydroxylation is 9. The molecule has 6 N–H and O–H groups in total. The van der Waals surface area contributed by atoms with E-state index in [9.17, 15) is 45.0 Å². The Labute approximate surface area is 387 Å². The fourth-order valence-electron chi connectivity index (χ4n) is 9.35. The average Bonchev–Trinajstić information content (AvgIpc) is 3.25. The molecule has 0 fully saturated rings. The number of aliphatic hydroxyl groups excluding tert-OH is 3. The van der Waals surface area contributed by atoms with E-state index in [0.29, 0.717) is 25.7 Å². The largest absolute Gasteiger partial charge is 0.485 e. The normalized spacial score (nSPS) is 12.3. The summed E-state index contributed by atoms with van der Waals surface area (Å²) in [6, 6.07) is 12.5. The molecule has 11 heteroatoms. The van der Waals surface area contributed by atoms with Crippen molar-refractivity contribution in [3.63, 3.8) is 0 Å². The molecular formula is C53H76O10S. The van der Waals surface area contributed by atoms with Gasteiger partial charge in [-0.3, -0.25) is 14.4 Å². The van der Waals surface area contributed by atoms with Gasteiger partial charge in [-0.1, -0.05) is 108 Å². The van der Waals surface area contributed by atoms with E-state index >= 15 is 0 Å². The Morgan fingerprint density at radius 1 is 0.547 bits per heavy atom. The van der Waals surface area contributed by atoms with Gasteiger partial charge in [0, 0.05) is 25.2 Å². The maximum absolute atomic E-state index is 11.8. The number of aliphatic hydroxyl groups is 3. The van der Waals surface area contributed by atoms with Gasteiger partial charge in [-0.15, -0.1) is 0 Å². The topological polar surface area (TPSA) is 182 Å². The summed E-state index contributed by atoms with van der Waals surface area (Å²) < 4.78 is 6.75. The van der Waals surface area contributed by atoms with Crippen LogP contribution in [-0.4, -0.2) is 80.0 Å². The molecular weight excluding hydrogens is 829 g/mol. The van der Waals surface area contributed by atoms with Crippen LogP contribution in [0.15, 0.2) is 36.4 Å². The molecule has 1 unspecified atom stereocenters. The predicted molar refractivity (Wildman–Crippen MR) is 258 cm³/mol. The molecule has 0 radical (unpaired) electrons. The fraction of sp³-hybridized carbons (Fsp3) is 0.585. The first kappa shape index (κ1) is 54.2. The highest BCUT2D eigenvalue weighted by atomic mass is 32.1. The van der Waals surface area contributed by atoms with Crippen molar-refractivity contribution in [1.29, 1.82) is 0 Å². The lowest BCUT2D eigenvalue weighted by Crippen LogP contribution is -2.47. The fourth-order valence-corrected chi connectivity index (χ4v) is 9.77. The second-order valence-electron chi connectivity index (χ2n) is 18.4. The highest BCUT2D eigenvalue weighted by Crippen LogP contribution is 2.53. The number of carboxylic acid groups (broad SMARTS) is 3. The Hall–Kier alpha value is -4.16. The maximum atomic E-state index is 11.8. The minimum Gasteiger partial charge on any atom is -0.485 e. The molecule has 0 aliphatic heterocycles. The van der Waals surface area contributed by atoms with E-state index < -0.39 is 48.6 Å². The van der Waals surface area contributed by atoms with Gasteiger partial charge in [0.2, 0.25) is 0 Å². The molecule has 64 heavy (non-hydrogen) atoms. The Kier molecular flexibility index (Phi) is 22.1. The number of thiocarbonyl (C=S) groups is 1. The van der Waals surface area contributed by atoms with Crippen LogP contribution >= 0.6 is 12.2 Å². The lowest BCUT2D eigenvalue weighted by atomic mass is 9.59.